The summed E-state index contributed by atoms with van der Waals surface area (Å²) in [6.45, 7) is 5.86. The second-order valence-corrected chi connectivity index (χ2v) is 6.06. The Morgan fingerprint density at radius 1 is 1.23 bits per heavy atom. The topological polar surface area (TPSA) is 53.6 Å². The molecule has 5 nitrogen and oxygen atoms in total. The average Bonchev–Trinajstić information content (AvgIpc) is 2.50. The Kier molecular flexibility index (Phi) is 7.25. The summed E-state index contributed by atoms with van der Waals surface area (Å²) in [6, 6.07) is 4.88. The maximum absolute atomic E-state index is 11.7. The minimum atomic E-state index is -0.142. The van der Waals surface area contributed by atoms with E-state index in [1.807, 2.05) is 0 Å². The van der Waals surface area contributed by atoms with Crippen LogP contribution in [0.25, 0.3) is 0 Å². The number of rotatable bonds is 7. The van der Waals surface area contributed by atoms with Crippen LogP contribution < -0.4 is 15.4 Å². The van der Waals surface area contributed by atoms with Crippen LogP contribution in [0.4, 0.5) is 0 Å². The number of carbonyl (C=O) groups is 1. The number of nitrogens with one attached hydrogen (secondary N) is 2. The third-order valence-corrected chi connectivity index (χ3v) is 3.83. The minimum Gasteiger partial charge on any atom is -0.484 e. The van der Waals surface area contributed by atoms with Gasteiger partial charge in [-0.2, -0.15) is 0 Å². The highest BCUT2D eigenvalue weighted by atomic mass is 35.5. The lowest BCUT2D eigenvalue weighted by molar-refractivity contribution is -0.123. The molecule has 122 valence electrons. The Balaban J connectivity index is 1.59. The van der Waals surface area contributed by atoms with Crippen molar-refractivity contribution in [1.82, 2.24) is 15.5 Å². The normalized spacial score (nSPS) is 15.5. The molecule has 0 radical (unpaired) electrons. The molecule has 7 heteroatoms. The van der Waals surface area contributed by atoms with E-state index in [1.54, 1.807) is 18.2 Å². The number of benzene rings is 1. The van der Waals surface area contributed by atoms with Crippen LogP contribution in [-0.4, -0.2) is 56.7 Å². The van der Waals surface area contributed by atoms with Gasteiger partial charge in [0.25, 0.3) is 5.91 Å². The van der Waals surface area contributed by atoms with E-state index in [2.05, 4.69) is 15.5 Å². The van der Waals surface area contributed by atoms with Gasteiger partial charge in [0.05, 0.1) is 0 Å². The molecule has 1 fully saturated rings. The van der Waals surface area contributed by atoms with E-state index in [0.717, 1.165) is 39.1 Å². The SMILES string of the molecule is O=C(COc1cc(Cl)cc(Cl)c1)NCCCN1CCNCC1. The molecule has 0 atom stereocenters. The first-order valence-corrected chi connectivity index (χ1v) is 8.18. The number of carbonyl (C=O) groups excluding carboxylic acids is 1. The van der Waals surface area contributed by atoms with Gasteiger partial charge >= 0.3 is 0 Å². The van der Waals surface area contributed by atoms with Gasteiger partial charge in [-0.15, -0.1) is 0 Å². The Bertz CT molecular complexity index is 473. The van der Waals surface area contributed by atoms with Crippen molar-refractivity contribution in [3.05, 3.63) is 28.2 Å². The minimum absolute atomic E-state index is 0.0374. The van der Waals surface area contributed by atoms with Gasteiger partial charge in [-0.25, -0.2) is 0 Å². The number of hydrogen-bond acceptors (Lipinski definition) is 4. The third kappa shape index (κ3) is 6.40. The van der Waals surface area contributed by atoms with Crippen molar-refractivity contribution in [2.75, 3.05) is 45.9 Å². The largest absolute Gasteiger partial charge is 0.484 e. The maximum atomic E-state index is 11.7. The van der Waals surface area contributed by atoms with Crippen molar-refractivity contribution in [3.63, 3.8) is 0 Å². The highest BCUT2D eigenvalue weighted by molar-refractivity contribution is 6.34. The monoisotopic (exact) mass is 345 g/mol. The van der Waals surface area contributed by atoms with Gasteiger partial charge in [0.15, 0.2) is 6.61 Å². The summed E-state index contributed by atoms with van der Waals surface area (Å²) in [6.07, 6.45) is 0.939. The molecule has 22 heavy (non-hydrogen) atoms. The Morgan fingerprint density at radius 3 is 2.59 bits per heavy atom. The van der Waals surface area contributed by atoms with Gasteiger partial charge in [0, 0.05) is 42.8 Å². The summed E-state index contributed by atoms with van der Waals surface area (Å²) < 4.78 is 5.38. The highest BCUT2D eigenvalue weighted by Gasteiger charge is 2.09. The maximum Gasteiger partial charge on any atom is 0.257 e. The smallest absolute Gasteiger partial charge is 0.257 e. The molecule has 1 aliphatic heterocycles. The van der Waals surface area contributed by atoms with Gasteiger partial charge in [-0.3, -0.25) is 4.79 Å². The van der Waals surface area contributed by atoms with Crippen molar-refractivity contribution in [2.24, 2.45) is 0 Å². The fourth-order valence-electron chi connectivity index (χ4n) is 2.28. The Labute approximate surface area is 140 Å². The lowest BCUT2D eigenvalue weighted by Crippen LogP contribution is -2.44. The first-order chi connectivity index (χ1) is 10.6. The molecule has 1 aromatic rings. The highest BCUT2D eigenvalue weighted by Crippen LogP contribution is 2.23. The third-order valence-electron chi connectivity index (χ3n) is 3.39. The predicted octanol–water partition coefficient (Wildman–Crippen LogP) is 1.78. The van der Waals surface area contributed by atoms with Crippen molar-refractivity contribution < 1.29 is 9.53 Å². The van der Waals surface area contributed by atoms with E-state index in [-0.39, 0.29) is 12.5 Å². The van der Waals surface area contributed by atoms with E-state index in [0.29, 0.717) is 22.3 Å². The van der Waals surface area contributed by atoms with Crippen molar-refractivity contribution in [2.45, 2.75) is 6.42 Å². The number of halogens is 2. The molecule has 0 aliphatic carbocycles. The number of piperazine rings is 1. The fourth-order valence-corrected chi connectivity index (χ4v) is 2.78. The summed E-state index contributed by atoms with van der Waals surface area (Å²) in [4.78, 5) is 14.1. The first-order valence-electron chi connectivity index (χ1n) is 7.42. The molecule has 1 amide bonds. The second kappa shape index (κ2) is 9.20. The summed E-state index contributed by atoms with van der Waals surface area (Å²) in [5, 5.41) is 7.14. The molecule has 1 aliphatic rings. The van der Waals surface area contributed by atoms with Crippen LogP contribution in [0, 0.1) is 0 Å². The van der Waals surface area contributed by atoms with Gasteiger partial charge in [0.2, 0.25) is 0 Å². The standard InChI is InChI=1S/C15H21Cl2N3O2/c16-12-8-13(17)10-14(9-12)22-11-15(21)19-2-1-5-20-6-3-18-4-7-20/h8-10,18H,1-7,11H2,(H,19,21). The summed E-state index contributed by atoms with van der Waals surface area (Å²) >= 11 is 11.7. The molecule has 0 unspecified atom stereocenters. The van der Waals surface area contributed by atoms with Crippen molar-refractivity contribution in [1.29, 1.82) is 0 Å². The van der Waals surface area contributed by atoms with Crippen LogP contribution >= 0.6 is 23.2 Å². The molecular weight excluding hydrogens is 325 g/mol. The van der Waals surface area contributed by atoms with E-state index >= 15 is 0 Å². The molecule has 1 saturated heterocycles. The molecule has 2 N–H and O–H groups in total. The molecule has 0 saturated carbocycles. The molecule has 1 aromatic carbocycles. The van der Waals surface area contributed by atoms with E-state index in [1.165, 1.54) is 0 Å². The molecule has 0 bridgehead atoms. The summed E-state index contributed by atoms with van der Waals surface area (Å²) in [7, 11) is 0. The molecule has 0 aromatic heterocycles. The van der Waals surface area contributed by atoms with E-state index in [4.69, 9.17) is 27.9 Å². The molecule has 1 heterocycles. The van der Waals surface area contributed by atoms with Crippen molar-refractivity contribution >= 4 is 29.1 Å². The zero-order chi connectivity index (χ0) is 15.8. The first kappa shape index (κ1) is 17.3. The summed E-state index contributed by atoms with van der Waals surface area (Å²) in [5.74, 6) is 0.352. The quantitative estimate of drug-likeness (QED) is 0.739. The summed E-state index contributed by atoms with van der Waals surface area (Å²) in [5.41, 5.74) is 0. The van der Waals surface area contributed by atoms with E-state index < -0.39 is 0 Å². The number of nitrogens with zero attached hydrogens (tertiary/aromatic N) is 1. The predicted molar refractivity (Wildman–Crippen MR) is 88.9 cm³/mol. The Morgan fingerprint density at radius 2 is 1.91 bits per heavy atom. The average molecular weight is 346 g/mol. The van der Waals surface area contributed by atoms with Crippen LogP contribution in [0.3, 0.4) is 0 Å². The fraction of sp³-hybridized carbons (Fsp3) is 0.533. The van der Waals surface area contributed by atoms with Crippen LogP contribution in [0.2, 0.25) is 10.0 Å². The van der Waals surface area contributed by atoms with Gasteiger partial charge in [-0.1, -0.05) is 23.2 Å². The van der Waals surface area contributed by atoms with E-state index in [9.17, 15) is 4.79 Å². The van der Waals surface area contributed by atoms with Crippen molar-refractivity contribution in [3.8, 4) is 5.75 Å². The molecule has 2 rings (SSSR count). The molecular formula is C15H21Cl2N3O2. The molecule has 0 spiro atoms. The van der Waals surface area contributed by atoms with Crippen LogP contribution in [0.1, 0.15) is 6.42 Å². The number of ether oxygens (including phenoxy) is 1. The van der Waals surface area contributed by atoms with Crippen LogP contribution in [0.15, 0.2) is 18.2 Å². The van der Waals surface area contributed by atoms with Gasteiger partial charge in [0.1, 0.15) is 5.75 Å². The zero-order valence-corrected chi connectivity index (χ0v) is 13.9. The van der Waals surface area contributed by atoms with Gasteiger partial charge in [-0.05, 0) is 31.2 Å². The van der Waals surface area contributed by atoms with Crippen LogP contribution in [0.5, 0.6) is 5.75 Å². The number of hydrogen-bond donors (Lipinski definition) is 2. The lowest BCUT2D eigenvalue weighted by atomic mass is 10.3. The Hall–Kier alpha value is -1.01. The number of amides is 1. The van der Waals surface area contributed by atoms with Gasteiger partial charge < -0.3 is 20.3 Å². The lowest BCUT2D eigenvalue weighted by Gasteiger charge is -2.27. The zero-order valence-electron chi connectivity index (χ0n) is 12.4. The van der Waals surface area contributed by atoms with Crippen LogP contribution in [-0.2, 0) is 4.79 Å². The second-order valence-electron chi connectivity index (χ2n) is 5.19.